The van der Waals surface area contributed by atoms with Gasteiger partial charge in [0.2, 0.25) is 0 Å². The first-order chi connectivity index (χ1) is 6.70. The summed E-state index contributed by atoms with van der Waals surface area (Å²) in [5.74, 6) is 0.756. The number of aromatic nitrogens is 1. The van der Waals surface area contributed by atoms with Crippen LogP contribution in [0.5, 0.6) is 0 Å². The van der Waals surface area contributed by atoms with Crippen molar-refractivity contribution in [2.75, 3.05) is 11.4 Å². The quantitative estimate of drug-likeness (QED) is 0.813. The van der Waals surface area contributed by atoms with E-state index < -0.39 is 0 Å². The Bertz CT molecular complexity index is 313. The van der Waals surface area contributed by atoms with E-state index in [4.69, 9.17) is 5.11 Å². The Morgan fingerprint density at radius 3 is 2.93 bits per heavy atom. The highest BCUT2D eigenvalue weighted by molar-refractivity contribution is 7.15. The Hall–Kier alpha value is -0.610. The zero-order valence-electron chi connectivity index (χ0n) is 8.60. The summed E-state index contributed by atoms with van der Waals surface area (Å²) in [5, 5.41) is 10.0. The van der Waals surface area contributed by atoms with Crippen LogP contribution in [0.15, 0.2) is 6.20 Å². The van der Waals surface area contributed by atoms with Crippen molar-refractivity contribution in [1.29, 1.82) is 0 Å². The highest BCUT2D eigenvalue weighted by Crippen LogP contribution is 2.31. The molecule has 14 heavy (non-hydrogen) atoms. The van der Waals surface area contributed by atoms with Gasteiger partial charge in [0.1, 0.15) is 0 Å². The lowest BCUT2D eigenvalue weighted by Crippen LogP contribution is -2.26. The largest absolute Gasteiger partial charge is 0.391 e. The van der Waals surface area contributed by atoms with Gasteiger partial charge < -0.3 is 10.0 Å². The molecular weight excluding hydrogens is 196 g/mol. The van der Waals surface area contributed by atoms with E-state index in [1.165, 1.54) is 6.42 Å². The maximum Gasteiger partial charge on any atom is 0.185 e. The third kappa shape index (κ3) is 1.77. The van der Waals surface area contributed by atoms with Crippen LogP contribution < -0.4 is 4.90 Å². The Morgan fingerprint density at radius 2 is 2.43 bits per heavy atom. The van der Waals surface area contributed by atoms with Crippen molar-refractivity contribution < 1.29 is 5.11 Å². The van der Waals surface area contributed by atoms with Crippen molar-refractivity contribution in [2.24, 2.45) is 5.92 Å². The maximum atomic E-state index is 8.96. The van der Waals surface area contributed by atoms with Crippen LogP contribution in [0, 0.1) is 5.92 Å². The van der Waals surface area contributed by atoms with Crippen LogP contribution in [0.1, 0.15) is 25.1 Å². The van der Waals surface area contributed by atoms with Gasteiger partial charge in [-0.2, -0.15) is 0 Å². The first kappa shape index (κ1) is 9.93. The standard InChI is InChI=1S/C10H16N2OS/c1-7-3-8(2)12(5-7)10-11-4-9(6-13)14-10/h4,7-8,13H,3,5-6H2,1-2H3. The molecule has 2 atom stereocenters. The van der Waals surface area contributed by atoms with Crippen LogP contribution in [-0.2, 0) is 6.61 Å². The van der Waals surface area contributed by atoms with Crippen LogP contribution in [-0.4, -0.2) is 22.7 Å². The van der Waals surface area contributed by atoms with Crippen molar-refractivity contribution in [2.45, 2.75) is 32.9 Å². The molecule has 1 aromatic rings. The molecule has 0 saturated carbocycles. The number of aliphatic hydroxyl groups is 1. The number of thiazole rings is 1. The second kappa shape index (κ2) is 3.87. The van der Waals surface area contributed by atoms with Crippen LogP contribution in [0.25, 0.3) is 0 Å². The molecule has 1 saturated heterocycles. The normalized spacial score (nSPS) is 27.2. The Balaban J connectivity index is 2.14. The molecule has 0 spiro atoms. The van der Waals surface area contributed by atoms with E-state index in [1.54, 1.807) is 17.5 Å². The second-order valence-corrected chi connectivity index (χ2v) is 5.20. The summed E-state index contributed by atoms with van der Waals surface area (Å²) in [4.78, 5) is 7.63. The van der Waals surface area contributed by atoms with Gasteiger partial charge in [0.15, 0.2) is 5.13 Å². The Morgan fingerprint density at radius 1 is 1.64 bits per heavy atom. The number of hydrogen-bond donors (Lipinski definition) is 1. The van der Waals surface area contributed by atoms with Gasteiger partial charge in [0.05, 0.1) is 11.5 Å². The van der Waals surface area contributed by atoms with E-state index in [2.05, 4.69) is 23.7 Å². The zero-order valence-corrected chi connectivity index (χ0v) is 9.42. The third-order valence-corrected chi connectivity index (χ3v) is 3.75. The number of rotatable bonds is 2. The molecule has 3 nitrogen and oxygen atoms in total. The molecule has 2 rings (SSSR count). The maximum absolute atomic E-state index is 8.96. The highest BCUT2D eigenvalue weighted by Gasteiger charge is 2.27. The predicted octanol–water partition coefficient (Wildman–Crippen LogP) is 1.87. The molecule has 1 N–H and O–H groups in total. The van der Waals surface area contributed by atoms with Crippen LogP contribution >= 0.6 is 11.3 Å². The van der Waals surface area contributed by atoms with E-state index in [0.29, 0.717) is 6.04 Å². The Kier molecular flexibility index (Phi) is 2.74. The fourth-order valence-corrected chi connectivity index (χ4v) is 2.95. The van der Waals surface area contributed by atoms with Crippen molar-refractivity contribution in [1.82, 2.24) is 4.98 Å². The van der Waals surface area contributed by atoms with Crippen LogP contribution in [0.2, 0.25) is 0 Å². The van der Waals surface area contributed by atoms with Crippen LogP contribution in [0.3, 0.4) is 0 Å². The minimum absolute atomic E-state index is 0.107. The van der Waals surface area contributed by atoms with Crippen LogP contribution in [0.4, 0.5) is 5.13 Å². The molecule has 0 radical (unpaired) electrons. The topological polar surface area (TPSA) is 36.4 Å². The van der Waals surface area contributed by atoms with Gasteiger partial charge in [-0.15, -0.1) is 0 Å². The van der Waals surface area contributed by atoms with Gasteiger partial charge >= 0.3 is 0 Å². The number of anilines is 1. The second-order valence-electron chi connectivity index (χ2n) is 4.11. The SMILES string of the molecule is CC1CC(C)N(c2ncc(CO)s2)C1. The van der Waals surface area contributed by atoms with E-state index in [9.17, 15) is 0 Å². The molecule has 2 heterocycles. The molecular formula is C10H16N2OS. The van der Waals surface area contributed by atoms with Gasteiger partial charge in [-0.1, -0.05) is 18.3 Å². The van der Waals surface area contributed by atoms with Gasteiger partial charge in [0, 0.05) is 18.8 Å². The minimum Gasteiger partial charge on any atom is -0.391 e. The number of aliphatic hydroxyl groups excluding tert-OH is 1. The lowest BCUT2D eigenvalue weighted by atomic mass is 10.1. The monoisotopic (exact) mass is 212 g/mol. The van der Waals surface area contributed by atoms with E-state index >= 15 is 0 Å². The molecule has 0 aromatic carbocycles. The summed E-state index contributed by atoms with van der Waals surface area (Å²) in [6.45, 7) is 5.72. The molecule has 78 valence electrons. The summed E-state index contributed by atoms with van der Waals surface area (Å²) < 4.78 is 0. The lowest BCUT2D eigenvalue weighted by molar-refractivity contribution is 0.285. The molecule has 1 fully saturated rings. The fourth-order valence-electron chi connectivity index (χ4n) is 2.07. The molecule has 1 aliphatic rings. The number of nitrogens with zero attached hydrogens (tertiary/aromatic N) is 2. The average molecular weight is 212 g/mol. The third-order valence-electron chi connectivity index (χ3n) is 2.73. The first-order valence-electron chi connectivity index (χ1n) is 5.03. The molecule has 1 aromatic heterocycles. The summed E-state index contributed by atoms with van der Waals surface area (Å²) in [5.41, 5.74) is 0. The van der Waals surface area contributed by atoms with Gasteiger partial charge in [-0.05, 0) is 19.3 Å². The van der Waals surface area contributed by atoms with Gasteiger partial charge in [-0.3, -0.25) is 0 Å². The zero-order chi connectivity index (χ0) is 10.1. The molecule has 0 amide bonds. The van der Waals surface area contributed by atoms with Crippen molar-refractivity contribution in [3.63, 3.8) is 0 Å². The summed E-state index contributed by atoms with van der Waals surface area (Å²) in [7, 11) is 0. The van der Waals surface area contributed by atoms with E-state index in [-0.39, 0.29) is 6.61 Å². The summed E-state index contributed by atoms with van der Waals surface area (Å²) in [6.07, 6.45) is 3.02. The lowest BCUT2D eigenvalue weighted by Gasteiger charge is -2.19. The number of hydrogen-bond acceptors (Lipinski definition) is 4. The summed E-state index contributed by atoms with van der Waals surface area (Å²) >= 11 is 1.60. The molecule has 2 unspecified atom stereocenters. The van der Waals surface area contributed by atoms with E-state index in [1.807, 2.05) is 0 Å². The van der Waals surface area contributed by atoms with Crippen molar-refractivity contribution in [3.05, 3.63) is 11.1 Å². The fraction of sp³-hybridized carbons (Fsp3) is 0.700. The highest BCUT2D eigenvalue weighted by atomic mass is 32.1. The summed E-state index contributed by atoms with van der Waals surface area (Å²) in [6, 6.07) is 0.586. The average Bonchev–Trinajstić information content (AvgIpc) is 2.71. The molecule has 4 heteroatoms. The van der Waals surface area contributed by atoms with Gasteiger partial charge in [-0.25, -0.2) is 4.98 Å². The molecule has 1 aliphatic heterocycles. The Labute approximate surface area is 88.4 Å². The van der Waals surface area contributed by atoms with Crippen molar-refractivity contribution >= 4 is 16.5 Å². The first-order valence-corrected chi connectivity index (χ1v) is 5.84. The predicted molar refractivity (Wildman–Crippen MR) is 58.6 cm³/mol. The minimum atomic E-state index is 0.107. The van der Waals surface area contributed by atoms with Gasteiger partial charge in [0.25, 0.3) is 0 Å². The van der Waals surface area contributed by atoms with Crippen molar-refractivity contribution in [3.8, 4) is 0 Å². The molecule has 0 aliphatic carbocycles. The van der Waals surface area contributed by atoms with E-state index in [0.717, 1.165) is 22.5 Å². The smallest absolute Gasteiger partial charge is 0.185 e. The molecule has 0 bridgehead atoms.